The number of benzene rings is 1. The van der Waals surface area contributed by atoms with Crippen molar-refractivity contribution in [3.63, 3.8) is 0 Å². The Balaban J connectivity index is 2.15. The van der Waals surface area contributed by atoms with Crippen LogP contribution in [0.4, 0.5) is 5.69 Å². The molecule has 0 heterocycles. The summed E-state index contributed by atoms with van der Waals surface area (Å²) in [4.78, 5) is 0. The summed E-state index contributed by atoms with van der Waals surface area (Å²) in [5.41, 5.74) is 7.66. The Bertz CT molecular complexity index is 292. The molecule has 1 aromatic rings. The fraction of sp³-hybridized carbons (Fsp3) is 0.400. The number of nitrogen functional groups attached to an aromatic ring is 1. The molecule has 2 nitrogen and oxygen atoms in total. The van der Waals surface area contributed by atoms with Gasteiger partial charge in [0.1, 0.15) is 5.75 Å². The third kappa shape index (κ3) is 1.52. The molecular formula is C10H13NO. The number of aryl methyl sites for hydroxylation is 1. The van der Waals surface area contributed by atoms with E-state index in [4.69, 9.17) is 10.5 Å². The van der Waals surface area contributed by atoms with Crippen LogP contribution in [0.15, 0.2) is 18.2 Å². The minimum atomic E-state index is 0.451. The average molecular weight is 163 g/mol. The van der Waals surface area contributed by atoms with E-state index in [9.17, 15) is 0 Å². The standard InChI is InChI=1S/C10H13NO/c1-7-2-3-9(6-10(7)11)12-8-4-5-8/h2-3,6,8H,4-5,11H2,1H3. The van der Waals surface area contributed by atoms with Crippen LogP contribution in [-0.2, 0) is 0 Å². The molecular weight excluding hydrogens is 150 g/mol. The van der Waals surface area contributed by atoms with E-state index in [1.807, 2.05) is 25.1 Å². The van der Waals surface area contributed by atoms with Gasteiger partial charge in [0.2, 0.25) is 0 Å². The van der Waals surface area contributed by atoms with Gasteiger partial charge in [-0.25, -0.2) is 0 Å². The van der Waals surface area contributed by atoms with Gasteiger partial charge >= 0.3 is 0 Å². The van der Waals surface area contributed by atoms with E-state index in [0.29, 0.717) is 6.10 Å². The minimum Gasteiger partial charge on any atom is -0.490 e. The maximum Gasteiger partial charge on any atom is 0.121 e. The van der Waals surface area contributed by atoms with Crippen LogP contribution in [-0.4, -0.2) is 6.10 Å². The van der Waals surface area contributed by atoms with Crippen molar-refractivity contribution < 1.29 is 4.74 Å². The lowest BCUT2D eigenvalue weighted by molar-refractivity contribution is 0.303. The van der Waals surface area contributed by atoms with Crippen LogP contribution in [0.1, 0.15) is 18.4 Å². The molecule has 0 radical (unpaired) electrons. The van der Waals surface area contributed by atoms with Crippen LogP contribution >= 0.6 is 0 Å². The third-order valence-electron chi connectivity index (χ3n) is 2.08. The average Bonchev–Trinajstić information content (AvgIpc) is 2.81. The Morgan fingerprint density at radius 2 is 2.17 bits per heavy atom. The quantitative estimate of drug-likeness (QED) is 0.678. The predicted octanol–water partition coefficient (Wildman–Crippen LogP) is 2.12. The van der Waals surface area contributed by atoms with E-state index < -0.39 is 0 Å². The van der Waals surface area contributed by atoms with Crippen LogP contribution in [0.25, 0.3) is 0 Å². The van der Waals surface area contributed by atoms with Crippen LogP contribution in [0.3, 0.4) is 0 Å². The van der Waals surface area contributed by atoms with E-state index in [1.54, 1.807) is 0 Å². The Morgan fingerprint density at radius 3 is 2.75 bits per heavy atom. The molecule has 1 aliphatic rings. The highest BCUT2D eigenvalue weighted by atomic mass is 16.5. The Hall–Kier alpha value is -1.18. The number of anilines is 1. The summed E-state index contributed by atoms with van der Waals surface area (Å²) in [5, 5.41) is 0. The van der Waals surface area contributed by atoms with Gasteiger partial charge in [0.25, 0.3) is 0 Å². The molecule has 12 heavy (non-hydrogen) atoms. The number of hydrogen-bond donors (Lipinski definition) is 1. The van der Waals surface area contributed by atoms with Gasteiger partial charge in [-0.1, -0.05) is 6.07 Å². The summed E-state index contributed by atoms with van der Waals surface area (Å²) in [7, 11) is 0. The van der Waals surface area contributed by atoms with Gasteiger partial charge in [-0.2, -0.15) is 0 Å². The van der Waals surface area contributed by atoms with Crippen molar-refractivity contribution in [2.75, 3.05) is 5.73 Å². The Morgan fingerprint density at radius 1 is 1.42 bits per heavy atom. The second-order valence-corrected chi connectivity index (χ2v) is 3.34. The summed E-state index contributed by atoms with van der Waals surface area (Å²) in [6.45, 7) is 2.00. The maximum atomic E-state index is 5.74. The number of rotatable bonds is 2. The van der Waals surface area contributed by atoms with Crippen LogP contribution in [0.5, 0.6) is 5.75 Å². The molecule has 0 bridgehead atoms. The van der Waals surface area contributed by atoms with Gasteiger partial charge < -0.3 is 10.5 Å². The lowest BCUT2D eigenvalue weighted by Gasteiger charge is -2.06. The normalized spacial score (nSPS) is 16.1. The topological polar surface area (TPSA) is 35.2 Å². The summed E-state index contributed by atoms with van der Waals surface area (Å²) >= 11 is 0. The maximum absolute atomic E-state index is 5.74. The lowest BCUT2D eigenvalue weighted by Crippen LogP contribution is -1.97. The first-order valence-corrected chi connectivity index (χ1v) is 4.28. The second-order valence-electron chi connectivity index (χ2n) is 3.34. The Labute approximate surface area is 72.3 Å². The van der Waals surface area contributed by atoms with Gasteiger partial charge in [0, 0.05) is 11.8 Å². The molecule has 2 rings (SSSR count). The van der Waals surface area contributed by atoms with E-state index in [1.165, 1.54) is 12.8 Å². The molecule has 0 saturated heterocycles. The van der Waals surface area contributed by atoms with Crippen LogP contribution in [0, 0.1) is 6.92 Å². The minimum absolute atomic E-state index is 0.451. The van der Waals surface area contributed by atoms with Crippen molar-refractivity contribution in [2.45, 2.75) is 25.9 Å². The van der Waals surface area contributed by atoms with Crippen molar-refractivity contribution in [3.05, 3.63) is 23.8 Å². The molecule has 2 heteroatoms. The van der Waals surface area contributed by atoms with E-state index in [-0.39, 0.29) is 0 Å². The van der Waals surface area contributed by atoms with Gasteiger partial charge in [0.15, 0.2) is 0 Å². The zero-order valence-corrected chi connectivity index (χ0v) is 7.21. The molecule has 0 amide bonds. The van der Waals surface area contributed by atoms with Crippen molar-refractivity contribution in [2.24, 2.45) is 0 Å². The molecule has 0 aliphatic heterocycles. The summed E-state index contributed by atoms with van der Waals surface area (Å²) in [5.74, 6) is 0.903. The highest BCUT2D eigenvalue weighted by molar-refractivity contribution is 5.50. The fourth-order valence-corrected chi connectivity index (χ4v) is 1.07. The molecule has 2 N–H and O–H groups in total. The summed E-state index contributed by atoms with van der Waals surface area (Å²) in [6, 6.07) is 5.87. The second kappa shape index (κ2) is 2.70. The Kier molecular flexibility index (Phi) is 1.68. The van der Waals surface area contributed by atoms with Gasteiger partial charge in [-0.15, -0.1) is 0 Å². The molecule has 0 unspecified atom stereocenters. The first kappa shape index (κ1) is 7.47. The van der Waals surface area contributed by atoms with Crippen molar-refractivity contribution in [1.29, 1.82) is 0 Å². The fourth-order valence-electron chi connectivity index (χ4n) is 1.07. The van der Waals surface area contributed by atoms with Gasteiger partial charge in [-0.3, -0.25) is 0 Å². The SMILES string of the molecule is Cc1ccc(OC2CC2)cc1N. The lowest BCUT2D eigenvalue weighted by atomic mass is 10.2. The molecule has 0 atom stereocenters. The van der Waals surface area contributed by atoms with Crippen LogP contribution < -0.4 is 10.5 Å². The van der Waals surface area contributed by atoms with Gasteiger partial charge in [-0.05, 0) is 31.4 Å². The smallest absolute Gasteiger partial charge is 0.121 e. The van der Waals surface area contributed by atoms with Crippen molar-refractivity contribution in [3.8, 4) is 5.75 Å². The predicted molar refractivity (Wildman–Crippen MR) is 49.2 cm³/mol. The monoisotopic (exact) mass is 163 g/mol. The zero-order chi connectivity index (χ0) is 8.55. The first-order chi connectivity index (χ1) is 5.75. The summed E-state index contributed by atoms with van der Waals surface area (Å²) < 4.78 is 5.58. The zero-order valence-electron chi connectivity index (χ0n) is 7.21. The van der Waals surface area contributed by atoms with E-state index >= 15 is 0 Å². The summed E-state index contributed by atoms with van der Waals surface area (Å²) in [6.07, 6.45) is 2.83. The molecule has 64 valence electrons. The highest BCUT2D eigenvalue weighted by Crippen LogP contribution is 2.28. The molecule has 0 spiro atoms. The number of hydrogen-bond acceptors (Lipinski definition) is 2. The van der Waals surface area contributed by atoms with Crippen molar-refractivity contribution >= 4 is 5.69 Å². The molecule has 0 aromatic heterocycles. The molecule has 1 aromatic carbocycles. The third-order valence-corrected chi connectivity index (χ3v) is 2.08. The number of ether oxygens (including phenoxy) is 1. The first-order valence-electron chi connectivity index (χ1n) is 4.28. The largest absolute Gasteiger partial charge is 0.490 e. The number of nitrogens with two attached hydrogens (primary N) is 1. The van der Waals surface area contributed by atoms with Crippen molar-refractivity contribution in [1.82, 2.24) is 0 Å². The molecule has 1 aliphatic carbocycles. The molecule has 1 fully saturated rings. The van der Waals surface area contributed by atoms with Gasteiger partial charge in [0.05, 0.1) is 6.10 Å². The van der Waals surface area contributed by atoms with E-state index in [0.717, 1.165) is 17.0 Å². The highest BCUT2D eigenvalue weighted by Gasteiger charge is 2.23. The van der Waals surface area contributed by atoms with E-state index in [2.05, 4.69) is 0 Å². The van der Waals surface area contributed by atoms with Crippen LogP contribution in [0.2, 0.25) is 0 Å². The molecule has 1 saturated carbocycles.